The molecule has 168 valence electrons. The fourth-order valence-electron chi connectivity index (χ4n) is 3.53. The normalized spacial score (nSPS) is 11.8. The Balaban J connectivity index is 1.63. The molecule has 1 atom stereocenters. The number of aliphatic hydroxyl groups excluding tert-OH is 1. The van der Waals surface area contributed by atoms with Crippen LogP contribution in [0.1, 0.15) is 22.8 Å². The van der Waals surface area contributed by atoms with Crippen molar-refractivity contribution in [1.29, 1.82) is 0 Å². The number of amides is 1. The molecule has 3 aromatic carbocycles. The molecule has 0 aliphatic carbocycles. The molecule has 6 heteroatoms. The summed E-state index contributed by atoms with van der Waals surface area (Å²) >= 11 is 0. The lowest BCUT2D eigenvalue weighted by molar-refractivity contribution is -0.123. The highest BCUT2D eigenvalue weighted by atomic mass is 16.5. The van der Waals surface area contributed by atoms with E-state index in [9.17, 15) is 9.90 Å². The number of carbonyl (C=O) groups is 1. The molecular formula is C26H30N2O4. The average molecular weight is 435 g/mol. The molecular weight excluding hydrogens is 404 g/mol. The van der Waals surface area contributed by atoms with E-state index >= 15 is 0 Å². The van der Waals surface area contributed by atoms with Gasteiger partial charge in [0.05, 0.1) is 26.9 Å². The summed E-state index contributed by atoms with van der Waals surface area (Å²) < 4.78 is 10.6. The Hall–Kier alpha value is -3.35. The van der Waals surface area contributed by atoms with E-state index in [4.69, 9.17) is 9.47 Å². The molecule has 32 heavy (non-hydrogen) atoms. The highest BCUT2D eigenvalue weighted by molar-refractivity contribution is 5.78. The van der Waals surface area contributed by atoms with Crippen LogP contribution in [-0.4, -0.2) is 43.2 Å². The van der Waals surface area contributed by atoms with E-state index < -0.39 is 6.10 Å². The number of methoxy groups -OCH3 is 2. The van der Waals surface area contributed by atoms with Gasteiger partial charge in [-0.1, -0.05) is 60.7 Å². The monoisotopic (exact) mass is 434 g/mol. The van der Waals surface area contributed by atoms with Crippen LogP contribution in [-0.2, 0) is 17.9 Å². The van der Waals surface area contributed by atoms with Crippen LogP contribution >= 0.6 is 0 Å². The van der Waals surface area contributed by atoms with Crippen LogP contribution in [0, 0.1) is 0 Å². The summed E-state index contributed by atoms with van der Waals surface area (Å²) in [5.74, 6) is 1.00. The Bertz CT molecular complexity index is 938. The van der Waals surface area contributed by atoms with Crippen molar-refractivity contribution in [2.45, 2.75) is 19.2 Å². The Morgan fingerprint density at radius 3 is 2.03 bits per heavy atom. The van der Waals surface area contributed by atoms with Gasteiger partial charge in [0, 0.05) is 25.2 Å². The van der Waals surface area contributed by atoms with Crippen LogP contribution in [0.5, 0.6) is 11.5 Å². The van der Waals surface area contributed by atoms with Crippen LogP contribution in [0.3, 0.4) is 0 Å². The lowest BCUT2D eigenvalue weighted by Gasteiger charge is -2.23. The zero-order chi connectivity index (χ0) is 22.8. The molecule has 0 aromatic heterocycles. The van der Waals surface area contributed by atoms with Gasteiger partial charge in [-0.25, -0.2) is 0 Å². The molecule has 0 saturated carbocycles. The number of nitrogens with one attached hydrogen (secondary N) is 1. The second kappa shape index (κ2) is 11.9. The molecule has 3 aromatic rings. The molecule has 0 saturated heterocycles. The summed E-state index contributed by atoms with van der Waals surface area (Å²) in [5, 5.41) is 13.5. The first-order chi connectivity index (χ1) is 15.6. The number of rotatable bonds is 11. The maximum absolute atomic E-state index is 12.7. The smallest absolute Gasteiger partial charge is 0.234 e. The van der Waals surface area contributed by atoms with Gasteiger partial charge in [0.1, 0.15) is 11.5 Å². The summed E-state index contributed by atoms with van der Waals surface area (Å²) in [6.45, 7) is 1.59. The summed E-state index contributed by atoms with van der Waals surface area (Å²) in [6.07, 6.45) is -0.916. The van der Waals surface area contributed by atoms with E-state index in [0.29, 0.717) is 30.2 Å². The predicted molar refractivity (Wildman–Crippen MR) is 125 cm³/mol. The Kier molecular flexibility index (Phi) is 8.66. The number of carbonyl (C=O) groups excluding carboxylic acids is 1. The highest BCUT2D eigenvalue weighted by Crippen LogP contribution is 2.29. The van der Waals surface area contributed by atoms with Gasteiger partial charge in [-0.3, -0.25) is 9.69 Å². The number of hydrogen-bond donors (Lipinski definition) is 2. The standard InChI is InChI=1S/C26H30N2O4/c1-31-22-13-14-25(32-2)23(15-22)24(29)16-27-26(30)19-28(17-20-9-5-3-6-10-20)18-21-11-7-4-8-12-21/h3-15,24,29H,16-19H2,1-2H3,(H,27,30). The van der Waals surface area contributed by atoms with E-state index in [1.165, 1.54) is 0 Å². The van der Waals surface area contributed by atoms with Gasteiger partial charge in [-0.05, 0) is 29.3 Å². The van der Waals surface area contributed by atoms with Crippen molar-refractivity contribution in [2.24, 2.45) is 0 Å². The van der Waals surface area contributed by atoms with Crippen molar-refractivity contribution in [3.63, 3.8) is 0 Å². The second-order valence-electron chi connectivity index (χ2n) is 7.54. The lowest BCUT2D eigenvalue weighted by atomic mass is 10.1. The second-order valence-corrected chi connectivity index (χ2v) is 7.54. The van der Waals surface area contributed by atoms with Gasteiger partial charge in [-0.15, -0.1) is 0 Å². The molecule has 0 bridgehead atoms. The molecule has 0 fully saturated rings. The third-order valence-corrected chi connectivity index (χ3v) is 5.15. The van der Waals surface area contributed by atoms with E-state index in [1.807, 2.05) is 36.4 Å². The zero-order valence-corrected chi connectivity index (χ0v) is 18.5. The first-order valence-corrected chi connectivity index (χ1v) is 10.6. The minimum absolute atomic E-state index is 0.0763. The Labute approximate surface area is 189 Å². The minimum atomic E-state index is -0.916. The van der Waals surface area contributed by atoms with E-state index in [0.717, 1.165) is 11.1 Å². The predicted octanol–water partition coefficient (Wildman–Crippen LogP) is 3.56. The zero-order valence-electron chi connectivity index (χ0n) is 18.5. The number of ether oxygens (including phenoxy) is 2. The fraction of sp³-hybridized carbons (Fsp3) is 0.269. The molecule has 3 rings (SSSR count). The van der Waals surface area contributed by atoms with Crippen molar-refractivity contribution in [3.05, 3.63) is 95.6 Å². The van der Waals surface area contributed by atoms with Crippen LogP contribution in [0.2, 0.25) is 0 Å². The summed E-state index contributed by atoms with van der Waals surface area (Å²) in [5.41, 5.74) is 2.84. The van der Waals surface area contributed by atoms with Crippen molar-refractivity contribution < 1.29 is 19.4 Å². The lowest BCUT2D eigenvalue weighted by Crippen LogP contribution is -2.38. The number of nitrogens with zero attached hydrogens (tertiary/aromatic N) is 1. The molecule has 0 aliphatic rings. The van der Waals surface area contributed by atoms with Crippen LogP contribution in [0.25, 0.3) is 0 Å². The summed E-state index contributed by atoms with van der Waals surface area (Å²) in [6, 6.07) is 25.3. The maximum atomic E-state index is 12.7. The highest BCUT2D eigenvalue weighted by Gasteiger charge is 2.17. The fourth-order valence-corrected chi connectivity index (χ4v) is 3.53. The van der Waals surface area contributed by atoms with E-state index in [1.54, 1.807) is 32.4 Å². The van der Waals surface area contributed by atoms with Gasteiger partial charge >= 0.3 is 0 Å². The van der Waals surface area contributed by atoms with Gasteiger partial charge < -0.3 is 19.9 Å². The average Bonchev–Trinajstić information content (AvgIpc) is 2.83. The Morgan fingerprint density at radius 2 is 1.50 bits per heavy atom. The molecule has 6 nitrogen and oxygen atoms in total. The van der Waals surface area contributed by atoms with Gasteiger partial charge in [0.2, 0.25) is 5.91 Å². The third kappa shape index (κ3) is 6.83. The number of benzene rings is 3. The molecule has 0 aliphatic heterocycles. The van der Waals surface area contributed by atoms with Gasteiger partial charge in [0.15, 0.2) is 0 Å². The molecule has 1 amide bonds. The number of hydrogen-bond acceptors (Lipinski definition) is 5. The Morgan fingerprint density at radius 1 is 0.906 bits per heavy atom. The van der Waals surface area contributed by atoms with E-state index in [-0.39, 0.29) is 19.0 Å². The minimum Gasteiger partial charge on any atom is -0.497 e. The molecule has 0 spiro atoms. The first kappa shape index (κ1) is 23.3. The van der Waals surface area contributed by atoms with Crippen molar-refractivity contribution in [3.8, 4) is 11.5 Å². The summed E-state index contributed by atoms with van der Waals surface area (Å²) in [7, 11) is 3.11. The SMILES string of the molecule is COc1ccc(OC)c(C(O)CNC(=O)CN(Cc2ccccc2)Cc2ccccc2)c1. The van der Waals surface area contributed by atoms with Gasteiger partial charge in [0.25, 0.3) is 0 Å². The van der Waals surface area contributed by atoms with Crippen molar-refractivity contribution in [2.75, 3.05) is 27.3 Å². The summed E-state index contributed by atoms with van der Waals surface area (Å²) in [4.78, 5) is 14.8. The largest absolute Gasteiger partial charge is 0.497 e. The topological polar surface area (TPSA) is 71.0 Å². The van der Waals surface area contributed by atoms with Crippen molar-refractivity contribution >= 4 is 5.91 Å². The van der Waals surface area contributed by atoms with Crippen LogP contribution in [0.15, 0.2) is 78.9 Å². The van der Waals surface area contributed by atoms with E-state index in [2.05, 4.69) is 34.5 Å². The third-order valence-electron chi connectivity index (χ3n) is 5.15. The van der Waals surface area contributed by atoms with Crippen LogP contribution < -0.4 is 14.8 Å². The van der Waals surface area contributed by atoms with Crippen LogP contribution in [0.4, 0.5) is 0 Å². The quantitative estimate of drug-likeness (QED) is 0.483. The van der Waals surface area contributed by atoms with Crippen molar-refractivity contribution in [1.82, 2.24) is 10.2 Å². The maximum Gasteiger partial charge on any atom is 0.234 e. The number of aliphatic hydroxyl groups is 1. The first-order valence-electron chi connectivity index (χ1n) is 10.6. The molecule has 2 N–H and O–H groups in total. The molecule has 0 radical (unpaired) electrons. The van der Waals surface area contributed by atoms with Gasteiger partial charge in [-0.2, -0.15) is 0 Å². The molecule has 0 heterocycles. The molecule has 1 unspecified atom stereocenters.